The van der Waals surface area contributed by atoms with Crippen LogP contribution in [0.2, 0.25) is 0 Å². The van der Waals surface area contributed by atoms with Gasteiger partial charge in [0.1, 0.15) is 0 Å². The second kappa shape index (κ2) is 10.7. The van der Waals surface area contributed by atoms with Gasteiger partial charge in [0.25, 0.3) is 0 Å². The fraction of sp³-hybridized carbons (Fsp3) is 0. The van der Waals surface area contributed by atoms with Crippen LogP contribution in [0.1, 0.15) is 0 Å². The lowest BCUT2D eigenvalue weighted by Gasteiger charge is -2.10. The first-order valence-electron chi connectivity index (χ1n) is 17.7. The van der Waals surface area contributed by atoms with E-state index in [-0.39, 0.29) is 0 Å². The van der Waals surface area contributed by atoms with E-state index in [2.05, 4.69) is 179 Å². The number of benzene rings is 8. The maximum absolute atomic E-state index is 2.47. The molecular weight excluding hydrogens is 669 g/mol. The van der Waals surface area contributed by atoms with Gasteiger partial charge in [-0.3, -0.25) is 0 Å². The van der Waals surface area contributed by atoms with E-state index < -0.39 is 0 Å². The molecule has 242 valence electrons. The lowest BCUT2D eigenvalue weighted by Crippen LogP contribution is -1.93. The molecule has 0 N–H and O–H groups in total. The molecule has 0 radical (unpaired) electrons. The van der Waals surface area contributed by atoms with Gasteiger partial charge in [-0.1, -0.05) is 103 Å². The average molecular weight is 697 g/mol. The van der Waals surface area contributed by atoms with E-state index in [1.165, 1.54) is 106 Å². The Morgan fingerprint density at radius 3 is 1.31 bits per heavy atom. The molecule has 12 aromatic rings. The van der Waals surface area contributed by atoms with Crippen LogP contribution in [-0.4, -0.2) is 9.13 Å². The summed E-state index contributed by atoms with van der Waals surface area (Å²) < 4.78 is 10.2. The second-order valence-electron chi connectivity index (χ2n) is 13.7. The van der Waals surface area contributed by atoms with E-state index in [0.717, 1.165) is 0 Å². The molecule has 0 atom stereocenters. The zero-order chi connectivity index (χ0) is 33.9. The normalized spacial score (nSPS) is 12.2. The quantitative estimate of drug-likeness (QED) is 0.174. The topological polar surface area (TPSA) is 9.86 Å². The summed E-state index contributed by atoms with van der Waals surface area (Å²) in [5.74, 6) is 0. The van der Waals surface area contributed by atoms with Crippen LogP contribution in [0.5, 0.6) is 0 Å². The molecule has 8 aromatic carbocycles. The Morgan fingerprint density at radius 1 is 0.327 bits per heavy atom. The van der Waals surface area contributed by atoms with Crippen LogP contribution in [0.15, 0.2) is 170 Å². The highest BCUT2D eigenvalue weighted by Crippen LogP contribution is 2.49. The summed E-state index contributed by atoms with van der Waals surface area (Å²) in [6.45, 7) is 0. The van der Waals surface area contributed by atoms with Crippen molar-refractivity contribution in [2.24, 2.45) is 0 Å². The van der Waals surface area contributed by atoms with Gasteiger partial charge in [0.2, 0.25) is 0 Å². The van der Waals surface area contributed by atoms with Gasteiger partial charge in [-0.05, 0) is 77.9 Å². The SMILES string of the molecule is c1ccc(-c2cc3c4cc(-n5c6ccccc6c6ccccc65)ccc4sc3c3sc4ccc(-n5c6ccccc6c6ccccc65)cc4c23)cc1. The van der Waals surface area contributed by atoms with Crippen LogP contribution in [0, 0.1) is 0 Å². The van der Waals surface area contributed by atoms with E-state index in [0.29, 0.717) is 0 Å². The van der Waals surface area contributed by atoms with Crippen molar-refractivity contribution in [1.82, 2.24) is 9.13 Å². The summed E-state index contributed by atoms with van der Waals surface area (Å²) >= 11 is 3.86. The van der Waals surface area contributed by atoms with Crippen molar-refractivity contribution in [3.8, 4) is 22.5 Å². The maximum Gasteiger partial charge on any atom is 0.0541 e. The first-order valence-corrected chi connectivity index (χ1v) is 19.3. The molecule has 4 heterocycles. The molecule has 0 aliphatic heterocycles. The molecule has 0 amide bonds. The van der Waals surface area contributed by atoms with Gasteiger partial charge < -0.3 is 9.13 Å². The number of hydrogen-bond donors (Lipinski definition) is 0. The fourth-order valence-electron chi connectivity index (χ4n) is 8.67. The minimum atomic E-state index is 1.19. The molecule has 4 aromatic heterocycles. The fourth-order valence-corrected chi connectivity index (χ4v) is 11.2. The minimum Gasteiger partial charge on any atom is -0.309 e. The highest BCUT2D eigenvalue weighted by molar-refractivity contribution is 7.33. The van der Waals surface area contributed by atoms with Gasteiger partial charge in [0, 0.05) is 63.9 Å². The van der Waals surface area contributed by atoms with Crippen LogP contribution in [0.3, 0.4) is 0 Å². The summed E-state index contributed by atoms with van der Waals surface area (Å²) in [5, 5.41) is 10.4. The number of fused-ring (bicyclic) bond motifs is 13. The molecule has 0 spiro atoms. The molecule has 2 nitrogen and oxygen atoms in total. The van der Waals surface area contributed by atoms with Crippen molar-refractivity contribution in [1.29, 1.82) is 0 Å². The summed E-state index contributed by atoms with van der Waals surface area (Å²) in [6, 6.07) is 62.7. The lowest BCUT2D eigenvalue weighted by molar-refractivity contribution is 1.19. The zero-order valence-corrected chi connectivity index (χ0v) is 29.5. The van der Waals surface area contributed by atoms with Gasteiger partial charge in [0.15, 0.2) is 0 Å². The molecule has 0 saturated carbocycles. The van der Waals surface area contributed by atoms with Crippen LogP contribution >= 0.6 is 22.7 Å². The molecule has 0 aliphatic rings. The molecule has 12 rings (SSSR count). The number of hydrogen-bond acceptors (Lipinski definition) is 2. The van der Waals surface area contributed by atoms with Crippen LogP contribution in [0.25, 0.3) is 106 Å². The maximum atomic E-state index is 2.47. The van der Waals surface area contributed by atoms with E-state index in [4.69, 9.17) is 0 Å². The molecule has 0 bridgehead atoms. The first kappa shape index (κ1) is 28.5. The molecule has 52 heavy (non-hydrogen) atoms. The average Bonchev–Trinajstić information content (AvgIpc) is 3.95. The first-order chi connectivity index (χ1) is 25.8. The standard InChI is InChI=1S/C48H28N2S2/c1-2-12-29(13-3-1)36-28-38-37-26-30(49-40-18-8-4-14-32(40)33-15-5-9-19-41(33)49)22-24-44(37)51-47(38)48-46(36)39-27-31(23-25-45(39)52-48)50-42-20-10-6-16-34(42)35-17-7-11-21-43(35)50/h1-28H. The highest BCUT2D eigenvalue weighted by Gasteiger charge is 2.21. The van der Waals surface area contributed by atoms with Crippen molar-refractivity contribution in [3.63, 3.8) is 0 Å². The van der Waals surface area contributed by atoms with E-state index >= 15 is 0 Å². The molecule has 0 aliphatic carbocycles. The Hall–Kier alpha value is -6.20. The van der Waals surface area contributed by atoms with Gasteiger partial charge in [-0.25, -0.2) is 0 Å². The molecular formula is C48H28N2S2. The molecule has 0 unspecified atom stereocenters. The third-order valence-corrected chi connectivity index (χ3v) is 13.4. The Kier molecular flexibility index (Phi) is 5.84. The monoisotopic (exact) mass is 696 g/mol. The van der Waals surface area contributed by atoms with E-state index in [1.54, 1.807) is 0 Å². The number of para-hydroxylation sites is 4. The van der Waals surface area contributed by atoms with Crippen molar-refractivity contribution in [2.75, 3.05) is 0 Å². The number of nitrogens with zero attached hydrogens (tertiary/aromatic N) is 2. The summed E-state index contributed by atoms with van der Waals surface area (Å²) in [5.41, 5.74) is 9.85. The van der Waals surface area contributed by atoms with E-state index in [9.17, 15) is 0 Å². The van der Waals surface area contributed by atoms with Gasteiger partial charge in [0.05, 0.1) is 31.5 Å². The molecule has 4 heteroatoms. The van der Waals surface area contributed by atoms with Gasteiger partial charge in [-0.15, -0.1) is 22.7 Å². The lowest BCUT2D eigenvalue weighted by atomic mass is 9.97. The molecule has 0 saturated heterocycles. The van der Waals surface area contributed by atoms with Crippen molar-refractivity contribution >= 4 is 107 Å². The Balaban J connectivity index is 1.15. The van der Waals surface area contributed by atoms with Crippen molar-refractivity contribution < 1.29 is 0 Å². The molecule has 0 fully saturated rings. The van der Waals surface area contributed by atoms with Gasteiger partial charge in [-0.2, -0.15) is 0 Å². The van der Waals surface area contributed by atoms with Crippen LogP contribution in [-0.2, 0) is 0 Å². The number of rotatable bonds is 3. The highest BCUT2D eigenvalue weighted by atomic mass is 32.1. The Morgan fingerprint density at radius 2 is 0.769 bits per heavy atom. The largest absolute Gasteiger partial charge is 0.309 e. The Labute approximate surface area is 306 Å². The summed E-state index contributed by atoms with van der Waals surface area (Å²) in [6.07, 6.45) is 0. The minimum absolute atomic E-state index is 1.19. The smallest absolute Gasteiger partial charge is 0.0541 e. The van der Waals surface area contributed by atoms with Gasteiger partial charge >= 0.3 is 0 Å². The second-order valence-corrected chi connectivity index (χ2v) is 15.8. The van der Waals surface area contributed by atoms with Crippen LogP contribution in [0.4, 0.5) is 0 Å². The number of thiophene rings is 2. The van der Waals surface area contributed by atoms with Crippen molar-refractivity contribution in [3.05, 3.63) is 170 Å². The summed E-state index contributed by atoms with van der Waals surface area (Å²) in [7, 11) is 0. The third-order valence-electron chi connectivity index (χ3n) is 10.9. The van der Waals surface area contributed by atoms with Crippen LogP contribution < -0.4 is 0 Å². The predicted molar refractivity (Wildman–Crippen MR) is 226 cm³/mol. The predicted octanol–water partition coefficient (Wildman–Crippen LogP) is 14.3. The Bertz CT molecular complexity index is 3300. The number of aromatic nitrogens is 2. The van der Waals surface area contributed by atoms with E-state index in [1.807, 2.05) is 22.7 Å². The summed E-state index contributed by atoms with van der Waals surface area (Å²) in [4.78, 5) is 0. The van der Waals surface area contributed by atoms with Crippen molar-refractivity contribution in [2.45, 2.75) is 0 Å². The third kappa shape index (κ3) is 3.88. The zero-order valence-electron chi connectivity index (χ0n) is 27.9.